The number of anilines is 2. The molecule has 2 saturated heterocycles. The van der Waals surface area contributed by atoms with E-state index in [-0.39, 0.29) is 18.3 Å². The Bertz CT molecular complexity index is 1310. The van der Waals surface area contributed by atoms with Crippen LogP contribution in [-0.2, 0) is 15.9 Å². The first kappa shape index (κ1) is 26.4. The van der Waals surface area contributed by atoms with E-state index in [4.69, 9.17) is 9.31 Å². The Morgan fingerprint density at radius 1 is 0.816 bits per heavy atom. The van der Waals surface area contributed by atoms with E-state index in [0.29, 0.717) is 10.4 Å². The topological polar surface area (TPSA) is 64.8 Å². The first-order valence-electron chi connectivity index (χ1n) is 12.6. The van der Waals surface area contributed by atoms with Crippen molar-refractivity contribution in [3.05, 3.63) is 65.3 Å². The van der Waals surface area contributed by atoms with Gasteiger partial charge in [-0.25, -0.2) is 14.0 Å². The smallest absolute Gasteiger partial charge is 0.399 e. The molecule has 2 aliphatic rings. The molecule has 0 atom stereocenters. The number of rotatable bonds is 5. The second-order valence-corrected chi connectivity index (χ2v) is 10.7. The Balaban J connectivity index is 1.19. The van der Waals surface area contributed by atoms with E-state index in [1.54, 1.807) is 12.1 Å². The normalized spacial score (nSPS) is 19.3. The van der Waals surface area contributed by atoms with E-state index in [9.17, 15) is 18.0 Å². The summed E-state index contributed by atoms with van der Waals surface area (Å²) in [7, 11) is -0.385. The highest BCUT2D eigenvalue weighted by Crippen LogP contribution is 2.36. The summed E-state index contributed by atoms with van der Waals surface area (Å²) in [6.45, 7) is 10.0. The lowest BCUT2D eigenvalue weighted by Crippen LogP contribution is -2.46. The number of nitrogens with zero attached hydrogens (tertiary/aromatic N) is 5. The highest BCUT2D eigenvalue weighted by molar-refractivity contribution is 6.62. The van der Waals surface area contributed by atoms with E-state index >= 15 is 0 Å². The zero-order valence-electron chi connectivity index (χ0n) is 21.9. The van der Waals surface area contributed by atoms with Crippen LogP contribution in [0.2, 0.25) is 0 Å². The summed E-state index contributed by atoms with van der Waals surface area (Å²) in [5.41, 5.74) is 2.00. The molecule has 5 rings (SSSR count). The molecule has 12 heteroatoms. The summed E-state index contributed by atoms with van der Waals surface area (Å²) >= 11 is 0. The van der Waals surface area contributed by atoms with Crippen LogP contribution >= 0.6 is 0 Å². The average molecular weight is 529 g/mol. The van der Waals surface area contributed by atoms with Crippen molar-refractivity contribution in [2.75, 3.05) is 36.0 Å². The molecule has 0 unspecified atom stereocenters. The largest absolute Gasteiger partial charge is 0.494 e. The van der Waals surface area contributed by atoms with Crippen LogP contribution in [0.3, 0.4) is 0 Å². The standard InChI is InChI=1S/C26H31BF3N5O3/c1-24(2)25(3,4)38-27(37-24)19-5-7-20(8-6-19)32-13-15-33(16-14-32)21-9-11-22(12-10-21)34-18-31-35(23(34)36)17-26(28,29)30/h5-12,18H,13-17H2,1-4H3. The van der Waals surface area contributed by atoms with Crippen molar-refractivity contribution in [2.45, 2.75) is 51.6 Å². The van der Waals surface area contributed by atoms with Crippen LogP contribution in [0, 0.1) is 0 Å². The molecule has 8 nitrogen and oxygen atoms in total. The molecule has 38 heavy (non-hydrogen) atoms. The van der Waals surface area contributed by atoms with Gasteiger partial charge in [-0.2, -0.15) is 18.3 Å². The quantitative estimate of drug-likeness (QED) is 0.474. The Hall–Kier alpha value is -3.25. The Kier molecular flexibility index (Phi) is 6.59. The second kappa shape index (κ2) is 9.50. The van der Waals surface area contributed by atoms with Gasteiger partial charge in [-0.15, -0.1) is 0 Å². The van der Waals surface area contributed by atoms with Gasteiger partial charge in [0.2, 0.25) is 0 Å². The van der Waals surface area contributed by atoms with Crippen LogP contribution in [0.25, 0.3) is 5.69 Å². The second-order valence-electron chi connectivity index (χ2n) is 10.7. The molecule has 0 bridgehead atoms. The van der Waals surface area contributed by atoms with E-state index in [2.05, 4.69) is 39.2 Å². The Labute approximate surface area is 219 Å². The number of alkyl halides is 3. The van der Waals surface area contributed by atoms with Crippen molar-refractivity contribution in [2.24, 2.45) is 0 Å². The maximum absolute atomic E-state index is 12.6. The summed E-state index contributed by atoms with van der Waals surface area (Å²) in [6, 6.07) is 15.5. The number of aromatic nitrogens is 3. The third-order valence-corrected chi connectivity index (χ3v) is 7.62. The molecular formula is C26H31BF3N5O3. The summed E-state index contributed by atoms with van der Waals surface area (Å²) in [6.07, 6.45) is -3.40. The molecule has 3 aromatic rings. The van der Waals surface area contributed by atoms with Crippen molar-refractivity contribution in [3.63, 3.8) is 0 Å². The summed E-state index contributed by atoms with van der Waals surface area (Å²) in [4.78, 5) is 16.9. The number of hydrogen-bond acceptors (Lipinski definition) is 6. The highest BCUT2D eigenvalue weighted by atomic mass is 19.4. The lowest BCUT2D eigenvalue weighted by molar-refractivity contribution is -0.143. The van der Waals surface area contributed by atoms with E-state index < -0.39 is 18.4 Å². The van der Waals surface area contributed by atoms with Gasteiger partial charge < -0.3 is 19.1 Å². The van der Waals surface area contributed by atoms with E-state index in [1.807, 2.05) is 39.8 Å². The predicted molar refractivity (Wildman–Crippen MR) is 140 cm³/mol. The SMILES string of the molecule is CC1(C)OB(c2ccc(N3CCN(c4ccc(-n5cnn(CC(F)(F)F)c5=O)cc4)CC3)cc2)OC1(C)C. The number of benzene rings is 2. The van der Waals surface area contributed by atoms with E-state index in [1.165, 1.54) is 0 Å². The molecule has 0 aliphatic carbocycles. The molecule has 0 radical (unpaired) electrons. The monoisotopic (exact) mass is 529 g/mol. The Morgan fingerprint density at radius 2 is 1.26 bits per heavy atom. The van der Waals surface area contributed by atoms with Gasteiger partial charge in [-0.05, 0) is 69.6 Å². The molecule has 1 aromatic heterocycles. The zero-order valence-corrected chi connectivity index (χ0v) is 21.9. The van der Waals surface area contributed by atoms with Crippen LogP contribution in [0.15, 0.2) is 59.7 Å². The summed E-state index contributed by atoms with van der Waals surface area (Å²) < 4.78 is 51.7. The van der Waals surface area contributed by atoms with Crippen molar-refractivity contribution >= 4 is 24.0 Å². The molecule has 0 N–H and O–H groups in total. The van der Waals surface area contributed by atoms with Crippen LogP contribution in [0.4, 0.5) is 24.5 Å². The first-order chi connectivity index (χ1) is 17.8. The lowest BCUT2D eigenvalue weighted by atomic mass is 9.79. The summed E-state index contributed by atoms with van der Waals surface area (Å²) in [5, 5.41) is 3.58. The van der Waals surface area contributed by atoms with Gasteiger partial charge in [0.25, 0.3) is 0 Å². The van der Waals surface area contributed by atoms with Gasteiger partial charge in [0.05, 0.1) is 16.9 Å². The molecule has 2 fully saturated rings. The van der Waals surface area contributed by atoms with E-state index in [0.717, 1.165) is 53.9 Å². The maximum Gasteiger partial charge on any atom is 0.494 e. The predicted octanol–water partition coefficient (Wildman–Crippen LogP) is 3.22. The molecule has 3 heterocycles. The van der Waals surface area contributed by atoms with Crippen LogP contribution < -0.4 is 21.0 Å². The van der Waals surface area contributed by atoms with Gasteiger partial charge in [-0.1, -0.05) is 12.1 Å². The fraction of sp³-hybridized carbons (Fsp3) is 0.462. The van der Waals surface area contributed by atoms with Gasteiger partial charge in [-0.3, -0.25) is 0 Å². The Morgan fingerprint density at radius 3 is 1.74 bits per heavy atom. The van der Waals surface area contributed by atoms with Crippen molar-refractivity contribution in [1.29, 1.82) is 0 Å². The number of halogens is 3. The number of hydrogen-bond donors (Lipinski definition) is 0. The van der Waals surface area contributed by atoms with Crippen molar-refractivity contribution < 1.29 is 22.5 Å². The minimum atomic E-state index is -4.51. The van der Waals surface area contributed by atoms with Crippen LogP contribution in [0.5, 0.6) is 0 Å². The minimum absolute atomic E-state index is 0.379. The third-order valence-electron chi connectivity index (χ3n) is 7.62. The summed E-state index contributed by atoms with van der Waals surface area (Å²) in [5.74, 6) is 0. The minimum Gasteiger partial charge on any atom is -0.399 e. The molecule has 2 aliphatic heterocycles. The van der Waals surface area contributed by atoms with Gasteiger partial charge in [0.15, 0.2) is 0 Å². The van der Waals surface area contributed by atoms with Crippen molar-refractivity contribution in [3.8, 4) is 5.69 Å². The molecule has 2 aromatic carbocycles. The van der Waals surface area contributed by atoms with Crippen molar-refractivity contribution in [1.82, 2.24) is 14.3 Å². The fourth-order valence-electron chi connectivity index (χ4n) is 4.66. The molecule has 0 amide bonds. The highest BCUT2D eigenvalue weighted by Gasteiger charge is 2.51. The molecule has 202 valence electrons. The first-order valence-corrected chi connectivity index (χ1v) is 12.6. The van der Waals surface area contributed by atoms with Gasteiger partial charge in [0.1, 0.15) is 12.9 Å². The van der Waals surface area contributed by atoms with Gasteiger partial charge >= 0.3 is 19.0 Å². The number of piperazine rings is 1. The molecule has 0 saturated carbocycles. The maximum atomic E-state index is 12.6. The van der Waals surface area contributed by atoms with Crippen LogP contribution in [-0.4, -0.2) is 65.0 Å². The molecule has 0 spiro atoms. The fourth-order valence-corrected chi connectivity index (χ4v) is 4.66. The zero-order chi connectivity index (χ0) is 27.3. The lowest BCUT2D eigenvalue weighted by Gasteiger charge is -2.37. The average Bonchev–Trinajstić information content (AvgIpc) is 3.32. The molecular weight excluding hydrogens is 498 g/mol. The third kappa shape index (κ3) is 5.19. The van der Waals surface area contributed by atoms with Crippen LogP contribution in [0.1, 0.15) is 27.7 Å². The van der Waals surface area contributed by atoms with Gasteiger partial charge in [0, 0.05) is 37.6 Å².